The molecule has 4 aliphatic rings. The molecule has 1 spiro atoms. The maximum absolute atomic E-state index is 14.6. The lowest BCUT2D eigenvalue weighted by Crippen LogP contribution is -2.54. The van der Waals surface area contributed by atoms with Gasteiger partial charge in [-0.25, -0.2) is 0 Å². The Morgan fingerprint density at radius 1 is 1.11 bits per heavy atom. The highest BCUT2D eigenvalue weighted by atomic mass is 35.5. The van der Waals surface area contributed by atoms with E-state index in [-0.39, 0.29) is 36.8 Å². The third kappa shape index (κ3) is 3.65. The fourth-order valence-electron chi connectivity index (χ4n) is 6.44. The van der Waals surface area contributed by atoms with Gasteiger partial charge in [0.15, 0.2) is 0 Å². The molecule has 0 aromatic heterocycles. The van der Waals surface area contributed by atoms with Crippen molar-refractivity contribution in [3.05, 3.63) is 89.0 Å². The minimum absolute atomic E-state index is 0.158. The summed E-state index contributed by atoms with van der Waals surface area (Å²) < 4.78 is 4.42. The second-order valence-electron chi connectivity index (χ2n) is 10.0. The van der Waals surface area contributed by atoms with E-state index in [0.717, 1.165) is 5.56 Å². The maximum Gasteiger partial charge on any atom is 0.311 e. The number of halogens is 1. The summed E-state index contributed by atoms with van der Waals surface area (Å²) in [5.41, 5.74) is 2.14. The van der Waals surface area contributed by atoms with Crippen molar-refractivity contribution in [2.45, 2.75) is 29.0 Å². The van der Waals surface area contributed by atoms with Crippen LogP contribution in [0.5, 0.6) is 0 Å². The van der Waals surface area contributed by atoms with Crippen LogP contribution in [-0.2, 0) is 19.1 Å². The number of carbonyl (C=O) groups excluding carboxylic acids is 3. The number of anilines is 1. The molecule has 196 valence electrons. The van der Waals surface area contributed by atoms with Gasteiger partial charge in [0, 0.05) is 11.8 Å². The third-order valence-electron chi connectivity index (χ3n) is 8.00. The first kappa shape index (κ1) is 25.2. The van der Waals surface area contributed by atoms with E-state index in [1.807, 2.05) is 67.6 Å². The van der Waals surface area contributed by atoms with Gasteiger partial charge in [0.25, 0.3) is 5.91 Å². The lowest BCUT2D eigenvalue weighted by molar-refractivity contribution is -0.152. The largest absolute Gasteiger partial charge is 0.461 e. The maximum atomic E-state index is 14.6. The Morgan fingerprint density at radius 2 is 1.89 bits per heavy atom. The number of benzene rings is 2. The number of fused-ring (bicyclic) bond motifs is 2. The molecule has 2 fully saturated rings. The van der Waals surface area contributed by atoms with Crippen LogP contribution in [0.15, 0.2) is 72.8 Å². The molecule has 4 aliphatic heterocycles. The number of rotatable bonds is 4. The van der Waals surface area contributed by atoms with Crippen molar-refractivity contribution in [1.82, 2.24) is 4.90 Å². The highest BCUT2D eigenvalue weighted by Crippen LogP contribution is 2.62. The fraction of sp³-hybridized carbons (Fsp3) is 0.345. The van der Waals surface area contributed by atoms with Crippen molar-refractivity contribution in [3.63, 3.8) is 0 Å². The molecule has 1 N–H and O–H groups in total. The summed E-state index contributed by atoms with van der Waals surface area (Å²) in [5, 5.41) is 10.7. The number of aliphatic hydroxyl groups is 1. The number of para-hydroxylation sites is 1. The van der Waals surface area contributed by atoms with E-state index in [9.17, 15) is 19.5 Å². The SMILES string of the molecule is Cc1cccc(Cl)c1N1CC=C[C@]23S[C@H]4C=CCOC(=O)[C@H]4[C@H]2C(=O)N([C@H](CO)c2ccccc2)C3C1=O. The number of aliphatic hydroxyl groups excluding tert-OH is 1. The van der Waals surface area contributed by atoms with Gasteiger partial charge in [0.1, 0.15) is 12.6 Å². The van der Waals surface area contributed by atoms with Gasteiger partial charge in [0.2, 0.25) is 5.91 Å². The van der Waals surface area contributed by atoms with Gasteiger partial charge in [0.05, 0.1) is 39.9 Å². The van der Waals surface area contributed by atoms with Crippen LogP contribution in [0, 0.1) is 18.8 Å². The minimum atomic E-state index is -1.02. The Balaban J connectivity index is 1.54. The molecule has 0 aliphatic carbocycles. The monoisotopic (exact) mass is 550 g/mol. The Labute approximate surface area is 230 Å². The normalized spacial score (nSPS) is 30.9. The first-order chi connectivity index (χ1) is 18.4. The van der Waals surface area contributed by atoms with Gasteiger partial charge in [-0.05, 0) is 24.1 Å². The van der Waals surface area contributed by atoms with Crippen LogP contribution >= 0.6 is 23.4 Å². The van der Waals surface area contributed by atoms with Crippen molar-refractivity contribution in [3.8, 4) is 0 Å². The molecular formula is C29H27ClN2O5S. The van der Waals surface area contributed by atoms with E-state index < -0.39 is 34.6 Å². The number of hydrogen-bond donors (Lipinski definition) is 1. The van der Waals surface area contributed by atoms with Crippen LogP contribution in [0.1, 0.15) is 17.2 Å². The molecule has 2 aromatic carbocycles. The van der Waals surface area contributed by atoms with E-state index in [0.29, 0.717) is 16.3 Å². The predicted octanol–water partition coefficient (Wildman–Crippen LogP) is 3.70. The number of cyclic esters (lactones) is 1. The number of likely N-dealkylation sites (tertiary alicyclic amines) is 1. The number of thioether (sulfide) groups is 1. The highest BCUT2D eigenvalue weighted by Gasteiger charge is 2.72. The molecule has 6 atom stereocenters. The van der Waals surface area contributed by atoms with E-state index in [1.54, 1.807) is 17.0 Å². The van der Waals surface area contributed by atoms with Crippen LogP contribution < -0.4 is 4.90 Å². The van der Waals surface area contributed by atoms with Gasteiger partial charge in [-0.2, -0.15) is 0 Å². The van der Waals surface area contributed by atoms with Crippen LogP contribution in [0.2, 0.25) is 5.02 Å². The minimum Gasteiger partial charge on any atom is -0.461 e. The van der Waals surface area contributed by atoms with Gasteiger partial charge in [-0.15, -0.1) is 11.8 Å². The van der Waals surface area contributed by atoms with Crippen molar-refractivity contribution in [2.75, 3.05) is 24.7 Å². The number of esters is 1. The summed E-state index contributed by atoms with van der Waals surface area (Å²) >= 11 is 8.08. The van der Waals surface area contributed by atoms with Gasteiger partial charge in [-0.1, -0.05) is 78.4 Å². The zero-order valence-electron chi connectivity index (χ0n) is 20.7. The van der Waals surface area contributed by atoms with Crippen LogP contribution in [0.3, 0.4) is 0 Å². The molecule has 1 unspecified atom stereocenters. The first-order valence-electron chi connectivity index (χ1n) is 12.6. The molecule has 2 amide bonds. The van der Waals surface area contributed by atoms with Crippen molar-refractivity contribution in [1.29, 1.82) is 0 Å². The molecule has 9 heteroatoms. The van der Waals surface area contributed by atoms with Crippen molar-refractivity contribution < 1.29 is 24.2 Å². The zero-order chi connectivity index (χ0) is 26.6. The molecule has 6 rings (SSSR count). The molecule has 4 heterocycles. The second kappa shape index (κ2) is 9.59. The van der Waals surface area contributed by atoms with Crippen LogP contribution in [0.4, 0.5) is 5.69 Å². The predicted molar refractivity (Wildman–Crippen MR) is 146 cm³/mol. The van der Waals surface area contributed by atoms with E-state index in [2.05, 4.69) is 0 Å². The average Bonchev–Trinajstić information content (AvgIpc) is 3.21. The van der Waals surface area contributed by atoms with Gasteiger partial charge < -0.3 is 19.6 Å². The third-order valence-corrected chi connectivity index (χ3v) is 10.1. The number of ether oxygens (including phenoxy) is 1. The fourth-order valence-corrected chi connectivity index (χ4v) is 8.75. The summed E-state index contributed by atoms with van der Waals surface area (Å²) in [5.74, 6) is -2.62. The zero-order valence-corrected chi connectivity index (χ0v) is 22.3. The Morgan fingerprint density at radius 3 is 2.63 bits per heavy atom. The van der Waals surface area contributed by atoms with Crippen molar-refractivity contribution in [2.24, 2.45) is 11.8 Å². The Kier molecular flexibility index (Phi) is 6.37. The molecule has 0 bridgehead atoms. The lowest BCUT2D eigenvalue weighted by Gasteiger charge is -2.39. The smallest absolute Gasteiger partial charge is 0.311 e. The second-order valence-corrected chi connectivity index (χ2v) is 11.9. The summed E-state index contributed by atoms with van der Waals surface area (Å²) in [4.78, 5) is 45.4. The van der Waals surface area contributed by atoms with Crippen molar-refractivity contribution >= 4 is 46.8 Å². The Hall–Kier alpha value is -3.07. The van der Waals surface area contributed by atoms with Crippen LogP contribution in [-0.4, -0.2) is 63.6 Å². The average molecular weight is 551 g/mol. The Bertz CT molecular complexity index is 1340. The number of nitrogens with zero attached hydrogens (tertiary/aromatic N) is 2. The summed E-state index contributed by atoms with van der Waals surface area (Å²) in [6, 6.07) is 12.9. The van der Waals surface area contributed by atoms with E-state index >= 15 is 0 Å². The number of aryl methyl sites for hydroxylation is 1. The highest BCUT2D eigenvalue weighted by molar-refractivity contribution is 8.02. The summed E-state index contributed by atoms with van der Waals surface area (Å²) in [7, 11) is 0. The molecule has 7 nitrogen and oxygen atoms in total. The summed E-state index contributed by atoms with van der Waals surface area (Å²) in [6.45, 7) is 1.94. The molecular weight excluding hydrogens is 524 g/mol. The molecule has 0 saturated carbocycles. The van der Waals surface area contributed by atoms with Gasteiger partial charge in [-0.3, -0.25) is 14.4 Å². The molecule has 2 saturated heterocycles. The number of hydrogen-bond acceptors (Lipinski definition) is 6. The van der Waals surface area contributed by atoms with E-state index in [1.165, 1.54) is 16.7 Å². The first-order valence-corrected chi connectivity index (χ1v) is 13.9. The van der Waals surface area contributed by atoms with E-state index in [4.69, 9.17) is 16.3 Å². The molecule has 38 heavy (non-hydrogen) atoms. The molecule has 2 aromatic rings. The quantitative estimate of drug-likeness (QED) is 0.461. The number of amides is 2. The van der Waals surface area contributed by atoms with Gasteiger partial charge >= 0.3 is 5.97 Å². The number of carbonyl (C=O) groups is 3. The standard InChI is InChI=1S/C29H27ClN2O5S/c1-17-8-5-11-19(30)24(17)31-14-7-13-29-23(22-21(38-29)12-6-15-37-28(22)36)26(34)32(25(29)27(31)35)20(16-33)18-9-3-2-4-10-18/h2-13,20-23,25,33H,14-16H2,1H3/t20-,21+,22-,23+,25?,29+/m1/s1. The molecule has 0 radical (unpaired) electrons. The van der Waals surface area contributed by atoms with Crippen LogP contribution in [0.25, 0.3) is 0 Å². The topological polar surface area (TPSA) is 87.2 Å². The lowest BCUT2D eigenvalue weighted by atomic mass is 9.78. The summed E-state index contributed by atoms with van der Waals surface area (Å²) in [6.07, 6.45) is 7.55.